The molecule has 0 N–H and O–H groups in total. The highest BCUT2D eigenvalue weighted by atomic mass is 16.5. The highest BCUT2D eigenvalue weighted by Crippen LogP contribution is 2.35. The van der Waals surface area contributed by atoms with E-state index in [2.05, 4.69) is 84.3 Å². The minimum atomic E-state index is -0.558. The van der Waals surface area contributed by atoms with Gasteiger partial charge in [-0.2, -0.15) is 0 Å². The Hall–Kier alpha value is -3.11. The molecule has 0 aliphatic carbocycles. The predicted molar refractivity (Wildman–Crippen MR) is 150 cm³/mol. The van der Waals surface area contributed by atoms with Gasteiger partial charge >= 0.3 is 5.97 Å². The van der Waals surface area contributed by atoms with Crippen LogP contribution in [0.25, 0.3) is 11.1 Å². The van der Waals surface area contributed by atoms with E-state index in [0.29, 0.717) is 6.61 Å². The van der Waals surface area contributed by atoms with Crippen LogP contribution in [0.1, 0.15) is 44.2 Å². The summed E-state index contributed by atoms with van der Waals surface area (Å²) in [5.74, 6) is -0.0855. The molecular formula is C32H40N2O2. The largest absolute Gasteiger partial charge is 0.465 e. The summed E-state index contributed by atoms with van der Waals surface area (Å²) in [6.45, 7) is 11.7. The Morgan fingerprint density at radius 1 is 0.861 bits per heavy atom. The van der Waals surface area contributed by atoms with Gasteiger partial charge in [0, 0.05) is 31.9 Å². The number of rotatable bonds is 10. The number of carbonyl (C=O) groups excluding carboxylic acids is 1. The molecule has 0 radical (unpaired) electrons. The normalized spacial score (nSPS) is 15.9. The van der Waals surface area contributed by atoms with Crippen LogP contribution in [0.5, 0.6) is 0 Å². The summed E-state index contributed by atoms with van der Waals surface area (Å²) in [5, 5.41) is 0. The summed E-state index contributed by atoms with van der Waals surface area (Å²) in [6.07, 6.45) is 2.54. The van der Waals surface area contributed by atoms with Gasteiger partial charge in [0.1, 0.15) is 0 Å². The fourth-order valence-electron chi connectivity index (χ4n) is 5.50. The van der Waals surface area contributed by atoms with E-state index >= 15 is 0 Å². The van der Waals surface area contributed by atoms with Crippen molar-refractivity contribution < 1.29 is 9.53 Å². The van der Waals surface area contributed by atoms with Crippen LogP contribution < -0.4 is 4.90 Å². The van der Waals surface area contributed by atoms with Crippen molar-refractivity contribution in [1.29, 1.82) is 0 Å². The molecule has 0 amide bonds. The van der Waals surface area contributed by atoms with Crippen LogP contribution in [0.2, 0.25) is 0 Å². The maximum absolute atomic E-state index is 13.1. The molecule has 3 aromatic carbocycles. The fraction of sp³-hybridized carbons (Fsp3) is 0.406. The van der Waals surface area contributed by atoms with Crippen molar-refractivity contribution in [3.05, 3.63) is 90.0 Å². The molecule has 3 aromatic rings. The summed E-state index contributed by atoms with van der Waals surface area (Å²) in [5.41, 5.74) is 5.69. The van der Waals surface area contributed by atoms with E-state index in [1.165, 1.54) is 22.4 Å². The molecule has 0 saturated carbocycles. The van der Waals surface area contributed by atoms with Crippen LogP contribution in [-0.2, 0) is 14.9 Å². The minimum absolute atomic E-state index is 0.0855. The van der Waals surface area contributed by atoms with Crippen molar-refractivity contribution in [2.75, 3.05) is 44.2 Å². The molecule has 36 heavy (non-hydrogen) atoms. The van der Waals surface area contributed by atoms with E-state index in [9.17, 15) is 4.79 Å². The maximum atomic E-state index is 13.1. The first-order valence-electron chi connectivity index (χ1n) is 13.4. The lowest BCUT2D eigenvalue weighted by molar-refractivity contribution is -0.150. The van der Waals surface area contributed by atoms with Crippen LogP contribution in [0.15, 0.2) is 78.9 Å². The molecular weight excluding hydrogens is 444 g/mol. The minimum Gasteiger partial charge on any atom is -0.465 e. The second-order valence-electron chi connectivity index (χ2n) is 9.82. The molecule has 4 heteroatoms. The van der Waals surface area contributed by atoms with Gasteiger partial charge in [0.05, 0.1) is 12.0 Å². The van der Waals surface area contributed by atoms with Gasteiger partial charge in [-0.25, -0.2) is 0 Å². The molecule has 1 unspecified atom stereocenters. The Morgan fingerprint density at radius 3 is 2.17 bits per heavy atom. The van der Waals surface area contributed by atoms with Crippen molar-refractivity contribution in [3.63, 3.8) is 0 Å². The second kappa shape index (κ2) is 12.2. The van der Waals surface area contributed by atoms with Crippen molar-refractivity contribution in [1.82, 2.24) is 4.90 Å². The monoisotopic (exact) mass is 484 g/mol. The van der Waals surface area contributed by atoms with Gasteiger partial charge in [0.25, 0.3) is 0 Å². The maximum Gasteiger partial charge on any atom is 0.316 e. The first kappa shape index (κ1) is 26.0. The molecule has 1 saturated heterocycles. The summed E-state index contributed by atoms with van der Waals surface area (Å²) in [4.78, 5) is 18.1. The van der Waals surface area contributed by atoms with Crippen molar-refractivity contribution in [2.24, 2.45) is 0 Å². The molecule has 0 aromatic heterocycles. The molecule has 0 spiro atoms. The third-order valence-electron chi connectivity index (χ3n) is 7.73. The topological polar surface area (TPSA) is 32.8 Å². The van der Waals surface area contributed by atoms with Crippen molar-refractivity contribution >= 4 is 11.7 Å². The van der Waals surface area contributed by atoms with E-state index < -0.39 is 5.41 Å². The van der Waals surface area contributed by atoms with Crippen LogP contribution in [0.4, 0.5) is 5.69 Å². The van der Waals surface area contributed by atoms with Gasteiger partial charge in [-0.15, -0.1) is 0 Å². The quantitative estimate of drug-likeness (QED) is 0.309. The third kappa shape index (κ3) is 5.82. The summed E-state index contributed by atoms with van der Waals surface area (Å²) in [7, 11) is 0. The smallest absolute Gasteiger partial charge is 0.316 e. The Bertz CT molecular complexity index is 1100. The van der Waals surface area contributed by atoms with Crippen molar-refractivity contribution in [3.8, 4) is 11.1 Å². The molecule has 4 nitrogen and oxygen atoms in total. The van der Waals surface area contributed by atoms with E-state index in [-0.39, 0.29) is 5.97 Å². The number of hydrogen-bond acceptors (Lipinski definition) is 4. The molecule has 0 bridgehead atoms. The summed E-state index contributed by atoms with van der Waals surface area (Å²) >= 11 is 0. The first-order valence-corrected chi connectivity index (χ1v) is 13.4. The standard InChI is InChI=1S/C32H40N2O2/c1-4-32(31(35)36-5-2,28-13-7-6-8-14-28)20-11-21-33-22-24-34(25-23-33)29-18-16-27(17-19-29)30-15-10-9-12-26(30)3/h6-10,12-19H,4-5,11,20-25H2,1-3H3. The van der Waals surface area contributed by atoms with Gasteiger partial charge in [0.15, 0.2) is 0 Å². The number of aryl methyl sites for hydroxylation is 1. The average molecular weight is 485 g/mol. The molecule has 1 atom stereocenters. The Morgan fingerprint density at radius 2 is 1.53 bits per heavy atom. The number of anilines is 1. The molecule has 1 fully saturated rings. The zero-order valence-electron chi connectivity index (χ0n) is 22.1. The fourth-order valence-corrected chi connectivity index (χ4v) is 5.50. The highest BCUT2D eigenvalue weighted by molar-refractivity contribution is 5.83. The van der Waals surface area contributed by atoms with Gasteiger partial charge in [-0.1, -0.05) is 73.7 Å². The number of piperazine rings is 1. The van der Waals surface area contributed by atoms with Crippen LogP contribution in [0.3, 0.4) is 0 Å². The van der Waals surface area contributed by atoms with E-state index in [4.69, 9.17) is 4.74 Å². The molecule has 1 aliphatic heterocycles. The van der Waals surface area contributed by atoms with Crippen LogP contribution >= 0.6 is 0 Å². The van der Waals surface area contributed by atoms with E-state index in [1.807, 2.05) is 25.1 Å². The number of carbonyl (C=O) groups is 1. The average Bonchev–Trinajstić information content (AvgIpc) is 2.93. The third-order valence-corrected chi connectivity index (χ3v) is 7.73. The Labute approximate surface area is 216 Å². The number of nitrogens with zero attached hydrogens (tertiary/aromatic N) is 2. The SMILES string of the molecule is CCOC(=O)C(CC)(CCCN1CCN(c2ccc(-c3ccccc3C)cc2)CC1)c1ccccc1. The lowest BCUT2D eigenvalue weighted by atomic mass is 9.74. The highest BCUT2D eigenvalue weighted by Gasteiger charge is 2.39. The van der Waals surface area contributed by atoms with Gasteiger partial charge in [-0.3, -0.25) is 9.69 Å². The van der Waals surface area contributed by atoms with Gasteiger partial charge < -0.3 is 9.64 Å². The Balaban J connectivity index is 1.32. The number of hydrogen-bond donors (Lipinski definition) is 0. The molecule has 4 rings (SSSR count). The van der Waals surface area contributed by atoms with E-state index in [1.54, 1.807) is 0 Å². The first-order chi connectivity index (χ1) is 17.6. The van der Waals surface area contributed by atoms with E-state index in [0.717, 1.165) is 57.5 Å². The summed E-state index contributed by atoms with van der Waals surface area (Å²) < 4.78 is 5.54. The lowest BCUT2D eigenvalue weighted by Gasteiger charge is -2.37. The van der Waals surface area contributed by atoms with Crippen molar-refractivity contribution in [2.45, 2.75) is 45.4 Å². The number of esters is 1. The summed E-state index contributed by atoms with van der Waals surface area (Å²) in [6, 6.07) is 27.7. The Kier molecular flexibility index (Phi) is 8.82. The second-order valence-corrected chi connectivity index (χ2v) is 9.82. The molecule has 1 heterocycles. The van der Waals surface area contributed by atoms with Crippen LogP contribution in [-0.4, -0.2) is 50.2 Å². The zero-order chi connectivity index (χ0) is 25.4. The molecule has 190 valence electrons. The number of benzene rings is 3. The van der Waals surface area contributed by atoms with Crippen LogP contribution in [0, 0.1) is 6.92 Å². The lowest BCUT2D eigenvalue weighted by Crippen LogP contribution is -2.47. The van der Waals surface area contributed by atoms with Gasteiger partial charge in [0.2, 0.25) is 0 Å². The number of ether oxygens (including phenoxy) is 1. The zero-order valence-corrected chi connectivity index (χ0v) is 22.1. The predicted octanol–water partition coefficient (Wildman–Crippen LogP) is 6.48. The van der Waals surface area contributed by atoms with Gasteiger partial charge in [-0.05, 0) is 74.0 Å². The molecule has 1 aliphatic rings.